The Morgan fingerprint density at radius 3 is 1.45 bits per heavy atom. The van der Waals surface area contributed by atoms with E-state index in [1.807, 2.05) is 0 Å². The Balaban J connectivity index is 1.25. The van der Waals surface area contributed by atoms with Gasteiger partial charge in [-0.05, 0) is 81.7 Å². The largest absolute Gasteiger partial charge is 0.379 e. The smallest absolute Gasteiger partial charge is 0.222 e. The number of ether oxygens (including phenoxy) is 6. The highest BCUT2D eigenvalue weighted by atomic mass is 35.5. The molecule has 2 amide bonds. The van der Waals surface area contributed by atoms with Crippen molar-refractivity contribution in [3.63, 3.8) is 0 Å². The number of halogens is 1. The molecular weight excluding hydrogens is 824 g/mol. The normalized spacial score (nSPS) is 13.0. The minimum atomic E-state index is -2.22. The number of hydrogen-bond donors (Lipinski definition) is 2. The first-order valence-electron chi connectivity index (χ1n) is 22.8. The van der Waals surface area contributed by atoms with Gasteiger partial charge >= 0.3 is 0 Å². The number of allylic oxidation sites excluding steroid dienone is 1. The molecule has 3 rings (SSSR count). The van der Waals surface area contributed by atoms with Crippen molar-refractivity contribution in [3.8, 4) is 0 Å². The molecule has 0 spiro atoms. The molecule has 0 saturated carbocycles. The predicted molar refractivity (Wildman–Crippen MR) is 258 cm³/mol. The minimum Gasteiger partial charge on any atom is -0.379 e. The molecule has 12 nitrogen and oxygen atoms in total. The molecule has 0 bridgehead atoms. The molecule has 1 heterocycles. The van der Waals surface area contributed by atoms with Gasteiger partial charge in [-0.15, -0.1) is 11.6 Å². The maximum absolute atomic E-state index is 12.9. The fourth-order valence-electron chi connectivity index (χ4n) is 8.15. The average molecular weight is 904 g/mol. The molecule has 14 heteroatoms. The van der Waals surface area contributed by atoms with Crippen LogP contribution in [0.1, 0.15) is 83.8 Å². The Bertz CT molecular complexity index is 1550. The molecule has 62 heavy (non-hydrogen) atoms. The number of carbonyl (C=O) groups is 2. The second kappa shape index (κ2) is 30.2. The summed E-state index contributed by atoms with van der Waals surface area (Å²) in [5, 5.41) is 8.83. The molecule has 2 aromatic rings. The number of benzene rings is 2. The van der Waals surface area contributed by atoms with Crippen molar-refractivity contribution in [1.82, 2.24) is 10.6 Å². The lowest BCUT2D eigenvalue weighted by atomic mass is 9.94. The summed E-state index contributed by atoms with van der Waals surface area (Å²) in [5.74, 6) is 0.669. The first-order valence-corrected chi connectivity index (χ1v) is 25.5. The van der Waals surface area contributed by atoms with Crippen LogP contribution in [0.5, 0.6) is 0 Å². The van der Waals surface area contributed by atoms with Gasteiger partial charge in [-0.2, -0.15) is 0 Å². The number of fused-ring (bicyclic) bond motifs is 2. The number of anilines is 2. The molecule has 1 aliphatic rings. The van der Waals surface area contributed by atoms with Gasteiger partial charge in [-0.3, -0.25) is 9.59 Å². The van der Waals surface area contributed by atoms with Crippen LogP contribution >= 0.6 is 11.6 Å². The number of nitrogens with zero attached hydrogens (tertiary/aromatic N) is 2. The van der Waals surface area contributed by atoms with Crippen LogP contribution in [0.3, 0.4) is 0 Å². The number of nitrogens with one attached hydrogen (secondary N) is 2. The van der Waals surface area contributed by atoms with Crippen molar-refractivity contribution >= 4 is 58.8 Å². The van der Waals surface area contributed by atoms with Gasteiger partial charge in [-0.25, -0.2) is 0 Å². The van der Waals surface area contributed by atoms with Crippen molar-refractivity contribution in [2.45, 2.75) is 83.7 Å². The van der Waals surface area contributed by atoms with E-state index in [0.29, 0.717) is 110 Å². The number of carbonyl (C=O) groups excluding carboxylic acids is 2. The van der Waals surface area contributed by atoms with Gasteiger partial charge in [0.1, 0.15) is 8.07 Å². The van der Waals surface area contributed by atoms with Crippen LogP contribution in [0.2, 0.25) is 11.1 Å². The molecule has 0 fully saturated rings. The third kappa shape index (κ3) is 17.5. The van der Waals surface area contributed by atoms with E-state index in [-0.39, 0.29) is 18.2 Å². The van der Waals surface area contributed by atoms with E-state index >= 15 is 0 Å². The molecule has 1 aliphatic heterocycles. The fraction of sp³-hybridized carbons (Fsp3) is 0.667. The van der Waals surface area contributed by atoms with Gasteiger partial charge in [0.25, 0.3) is 0 Å². The second-order valence-electron chi connectivity index (χ2n) is 16.8. The summed E-state index contributed by atoms with van der Waals surface area (Å²) in [5.41, 5.74) is 7.31. The van der Waals surface area contributed by atoms with E-state index < -0.39 is 8.07 Å². The fourth-order valence-corrected chi connectivity index (χ4v) is 14.5. The lowest BCUT2D eigenvalue weighted by Crippen LogP contribution is -2.66. The molecule has 0 atom stereocenters. The molecule has 0 radical (unpaired) electrons. The number of unbranched alkanes of at least 4 members (excludes halogenated alkanes) is 3. The summed E-state index contributed by atoms with van der Waals surface area (Å²) in [7, 11) is 6.23. The molecule has 0 aromatic heterocycles. The third-order valence-corrected chi connectivity index (χ3v) is 17.8. The highest BCUT2D eigenvalue weighted by molar-refractivity contribution is 7.05. The second-order valence-corrected chi connectivity index (χ2v) is 22.3. The lowest BCUT2D eigenvalue weighted by Gasteiger charge is -2.47. The van der Waals surface area contributed by atoms with Crippen molar-refractivity contribution in [2.24, 2.45) is 0 Å². The summed E-state index contributed by atoms with van der Waals surface area (Å²) in [6.07, 6.45) is 8.01. The Kier molecular flexibility index (Phi) is 26.0. The lowest BCUT2D eigenvalue weighted by molar-refractivity contribution is -0.123. The van der Waals surface area contributed by atoms with Crippen molar-refractivity contribution in [2.75, 3.05) is 136 Å². The summed E-state index contributed by atoms with van der Waals surface area (Å²) >= 11 is 5.67. The zero-order valence-corrected chi connectivity index (χ0v) is 41.0. The van der Waals surface area contributed by atoms with Crippen molar-refractivity contribution in [1.29, 1.82) is 0 Å². The SMILES string of the molecule is CC(C)[Si]1(C(C)C)c2cc(N(C)C)ccc2C(=CCCC(=O)NCCOCCOCCOCCOCCC(=O)NCCOCCOCCCCCCCl)c2ccc(N(C)C)cc21. The zero-order valence-electron chi connectivity index (χ0n) is 39.3. The number of amides is 2. The summed E-state index contributed by atoms with van der Waals surface area (Å²) < 4.78 is 33.3. The maximum Gasteiger partial charge on any atom is 0.222 e. The van der Waals surface area contributed by atoms with Crippen LogP contribution in [0.4, 0.5) is 11.4 Å². The monoisotopic (exact) mass is 903 g/mol. The molecule has 2 N–H and O–H groups in total. The van der Waals surface area contributed by atoms with Gasteiger partial charge in [0.2, 0.25) is 11.8 Å². The van der Waals surface area contributed by atoms with Crippen molar-refractivity contribution in [3.05, 3.63) is 53.6 Å². The quantitative estimate of drug-likeness (QED) is 0.0475. The molecule has 0 aliphatic carbocycles. The van der Waals surface area contributed by atoms with Crippen LogP contribution in [-0.2, 0) is 38.0 Å². The molecule has 350 valence electrons. The first kappa shape index (κ1) is 53.3. The third-order valence-electron chi connectivity index (χ3n) is 11.3. The Hall–Kier alpha value is -3.01. The zero-order chi connectivity index (χ0) is 45.2. The topological polar surface area (TPSA) is 120 Å². The highest BCUT2D eigenvalue weighted by Crippen LogP contribution is 2.42. The first-order chi connectivity index (χ1) is 29.9. The van der Waals surface area contributed by atoms with E-state index in [1.165, 1.54) is 38.4 Å². The molecular formula is C48H79ClN4O8Si. The van der Waals surface area contributed by atoms with Crippen LogP contribution in [0.25, 0.3) is 5.57 Å². The van der Waals surface area contributed by atoms with Gasteiger partial charge < -0.3 is 48.9 Å². The van der Waals surface area contributed by atoms with Crippen LogP contribution in [0, 0.1) is 0 Å². The Morgan fingerprint density at radius 1 is 0.581 bits per heavy atom. The van der Waals surface area contributed by atoms with E-state index in [2.05, 4.69) is 119 Å². The average Bonchev–Trinajstić information content (AvgIpc) is 3.24. The molecule has 2 aromatic carbocycles. The Morgan fingerprint density at radius 2 is 1.00 bits per heavy atom. The predicted octanol–water partition coefficient (Wildman–Crippen LogP) is 6.25. The number of alkyl halides is 1. The Labute approximate surface area is 379 Å². The number of rotatable bonds is 34. The minimum absolute atomic E-state index is 0.0140. The van der Waals surface area contributed by atoms with Crippen LogP contribution in [0.15, 0.2) is 42.5 Å². The van der Waals surface area contributed by atoms with Gasteiger partial charge in [-0.1, -0.05) is 58.7 Å². The van der Waals surface area contributed by atoms with Gasteiger partial charge in [0, 0.05) is 78.0 Å². The highest BCUT2D eigenvalue weighted by Gasteiger charge is 2.49. The van der Waals surface area contributed by atoms with E-state index in [0.717, 1.165) is 38.2 Å². The molecule has 0 saturated heterocycles. The summed E-state index contributed by atoms with van der Waals surface area (Å²) in [6, 6.07) is 14.0. The van der Waals surface area contributed by atoms with Crippen LogP contribution in [-0.4, -0.2) is 146 Å². The van der Waals surface area contributed by atoms with Gasteiger partial charge in [0.05, 0.1) is 72.7 Å². The van der Waals surface area contributed by atoms with E-state index in [9.17, 15) is 9.59 Å². The van der Waals surface area contributed by atoms with Crippen molar-refractivity contribution < 1.29 is 38.0 Å². The van der Waals surface area contributed by atoms with E-state index in [1.54, 1.807) is 0 Å². The van der Waals surface area contributed by atoms with Crippen LogP contribution < -0.4 is 30.8 Å². The van der Waals surface area contributed by atoms with Gasteiger partial charge in [0.15, 0.2) is 0 Å². The van der Waals surface area contributed by atoms with E-state index in [4.69, 9.17) is 40.0 Å². The number of hydrogen-bond acceptors (Lipinski definition) is 10. The summed E-state index contributed by atoms with van der Waals surface area (Å²) in [6.45, 7) is 16.2. The molecule has 0 unspecified atom stereocenters. The standard InChI is InChI=1S/C48H79ClN4O8Si/c1-38(2)62(39(3)4)45-36-40(52(5)6)16-18-43(45)42(44-19-17-41(53(7)8)37-46(44)62)14-13-15-47(54)50-22-26-59-31-33-61-35-34-60-32-29-57-25-20-48(55)51-23-27-58-30-28-56-24-12-10-9-11-21-49/h14,16-19,36-39H,9-13,15,20-35H2,1-8H3,(H,50,54)(H,51,55). The summed E-state index contributed by atoms with van der Waals surface area (Å²) in [4.78, 5) is 29.2. The maximum atomic E-state index is 12.9.